The van der Waals surface area contributed by atoms with Crippen molar-refractivity contribution in [2.45, 2.75) is 18.2 Å². The van der Waals surface area contributed by atoms with Gasteiger partial charge in [0.2, 0.25) is 0 Å². The molecule has 0 rings (SSSR count). The summed E-state index contributed by atoms with van der Waals surface area (Å²) in [7, 11) is 0. The molecule has 0 amide bonds. The van der Waals surface area contributed by atoms with Crippen molar-refractivity contribution in [1.82, 2.24) is 5.32 Å². The lowest BCUT2D eigenvalue weighted by molar-refractivity contribution is 0.0307. The molecule has 0 aromatic heterocycles. The number of aliphatic hydroxyl groups excluding tert-OH is 5. The Balaban J connectivity index is 3.71. The highest BCUT2D eigenvalue weighted by Crippen LogP contribution is 1.92. The van der Waals surface area contributed by atoms with Crippen molar-refractivity contribution in [1.29, 1.82) is 0 Å². The van der Waals surface area contributed by atoms with Crippen LogP contribution in [0.15, 0.2) is 0 Å². The molecule has 3 atom stereocenters. The lowest BCUT2D eigenvalue weighted by Gasteiger charge is -2.21. The fourth-order valence-corrected chi connectivity index (χ4v) is 0.801. The molecule has 0 saturated heterocycles. The van der Waals surface area contributed by atoms with Gasteiger partial charge in [-0.05, 0) is 0 Å². The first-order valence-corrected chi connectivity index (χ1v) is 4.07. The average molecular weight is 195 g/mol. The maximum absolute atomic E-state index is 9.09. The van der Waals surface area contributed by atoms with Crippen LogP contribution in [0.2, 0.25) is 0 Å². The van der Waals surface area contributed by atoms with Crippen LogP contribution < -0.4 is 5.32 Å². The third-order valence-electron chi connectivity index (χ3n) is 1.67. The van der Waals surface area contributed by atoms with Gasteiger partial charge in [-0.1, -0.05) is 0 Å². The van der Waals surface area contributed by atoms with Gasteiger partial charge in [0.25, 0.3) is 0 Å². The Morgan fingerprint density at radius 2 is 1.54 bits per heavy atom. The van der Waals surface area contributed by atoms with E-state index < -0.39 is 24.9 Å². The lowest BCUT2D eigenvalue weighted by Crippen LogP contribution is -2.47. The minimum atomic E-state index is -1.07. The lowest BCUT2D eigenvalue weighted by atomic mass is 10.2. The minimum Gasteiger partial charge on any atom is -0.395 e. The summed E-state index contributed by atoms with van der Waals surface area (Å²) in [6.07, 6.45) is -2.00. The maximum Gasteiger partial charge on any atom is 0.0945 e. The summed E-state index contributed by atoms with van der Waals surface area (Å²) < 4.78 is 0. The minimum absolute atomic E-state index is 0.0544. The highest BCUT2D eigenvalue weighted by molar-refractivity contribution is 4.75. The van der Waals surface area contributed by atoms with Crippen molar-refractivity contribution in [2.75, 3.05) is 26.4 Å². The Morgan fingerprint density at radius 3 is 1.92 bits per heavy atom. The summed E-state index contributed by atoms with van der Waals surface area (Å²) in [5.41, 5.74) is 0. The molecule has 0 aliphatic heterocycles. The van der Waals surface area contributed by atoms with Crippen molar-refractivity contribution in [2.24, 2.45) is 0 Å². The van der Waals surface area contributed by atoms with Crippen molar-refractivity contribution < 1.29 is 25.5 Å². The highest BCUT2D eigenvalue weighted by Gasteiger charge is 2.17. The molecule has 0 aromatic carbocycles. The molecule has 6 N–H and O–H groups in total. The molecule has 0 saturated carbocycles. The van der Waals surface area contributed by atoms with Gasteiger partial charge in [0, 0.05) is 6.54 Å². The number of rotatable bonds is 7. The van der Waals surface area contributed by atoms with Crippen LogP contribution in [0.3, 0.4) is 0 Å². The van der Waals surface area contributed by atoms with Crippen LogP contribution in [-0.4, -0.2) is 70.1 Å². The first-order chi connectivity index (χ1) is 6.15. The van der Waals surface area contributed by atoms with E-state index in [1.165, 1.54) is 0 Å². The van der Waals surface area contributed by atoms with E-state index in [1.54, 1.807) is 0 Å². The van der Waals surface area contributed by atoms with Crippen LogP contribution in [0.5, 0.6) is 0 Å². The van der Waals surface area contributed by atoms with E-state index in [4.69, 9.17) is 25.5 Å². The molecule has 0 radical (unpaired) electrons. The second-order valence-corrected chi connectivity index (χ2v) is 2.78. The number of nitrogens with one attached hydrogen (secondary N) is 1. The molecule has 6 nitrogen and oxygen atoms in total. The molecule has 3 unspecified atom stereocenters. The molecule has 0 aliphatic rings. The van der Waals surface area contributed by atoms with E-state index in [2.05, 4.69) is 5.32 Å². The molecule has 6 heteroatoms. The Hall–Kier alpha value is -0.240. The summed E-state index contributed by atoms with van der Waals surface area (Å²) in [4.78, 5) is 0. The van der Waals surface area contributed by atoms with E-state index in [9.17, 15) is 0 Å². The molecule has 0 aromatic rings. The number of hydrogen-bond donors (Lipinski definition) is 6. The predicted molar refractivity (Wildman–Crippen MR) is 45.1 cm³/mol. The van der Waals surface area contributed by atoms with Gasteiger partial charge in [-0.15, -0.1) is 0 Å². The van der Waals surface area contributed by atoms with Gasteiger partial charge in [-0.25, -0.2) is 0 Å². The van der Waals surface area contributed by atoms with E-state index in [-0.39, 0.29) is 19.8 Å². The summed E-state index contributed by atoms with van der Waals surface area (Å²) in [5, 5.41) is 46.3. The van der Waals surface area contributed by atoms with Crippen molar-refractivity contribution in [3.63, 3.8) is 0 Å². The molecule has 0 fully saturated rings. The van der Waals surface area contributed by atoms with E-state index >= 15 is 0 Å². The van der Waals surface area contributed by atoms with Crippen LogP contribution >= 0.6 is 0 Å². The van der Waals surface area contributed by atoms with Crippen molar-refractivity contribution in [3.8, 4) is 0 Å². The normalized spacial score (nSPS) is 18.2. The number of hydrogen-bond acceptors (Lipinski definition) is 6. The molecular weight excluding hydrogens is 178 g/mol. The Labute approximate surface area is 76.4 Å². The fourth-order valence-electron chi connectivity index (χ4n) is 0.801. The fraction of sp³-hybridized carbons (Fsp3) is 1.00. The molecule has 0 spiro atoms. The van der Waals surface area contributed by atoms with Gasteiger partial charge >= 0.3 is 0 Å². The second kappa shape index (κ2) is 7.19. The first kappa shape index (κ1) is 12.8. The van der Waals surface area contributed by atoms with Gasteiger partial charge in [0.15, 0.2) is 0 Å². The third-order valence-corrected chi connectivity index (χ3v) is 1.67. The smallest absolute Gasteiger partial charge is 0.0945 e. The van der Waals surface area contributed by atoms with Crippen LogP contribution in [0.1, 0.15) is 0 Å². The third kappa shape index (κ3) is 5.14. The molecule has 0 heterocycles. The Bertz CT molecular complexity index is 123. The molecule has 0 aliphatic carbocycles. The van der Waals surface area contributed by atoms with Crippen LogP contribution in [0.25, 0.3) is 0 Å². The van der Waals surface area contributed by atoms with Gasteiger partial charge < -0.3 is 30.8 Å². The molecule has 13 heavy (non-hydrogen) atoms. The largest absolute Gasteiger partial charge is 0.395 e. The number of aliphatic hydroxyl groups is 5. The predicted octanol–water partition coefficient (Wildman–Crippen LogP) is -3.36. The van der Waals surface area contributed by atoms with Crippen molar-refractivity contribution in [3.05, 3.63) is 0 Å². The maximum atomic E-state index is 9.09. The van der Waals surface area contributed by atoms with Gasteiger partial charge in [0.1, 0.15) is 0 Å². The monoisotopic (exact) mass is 195 g/mol. The van der Waals surface area contributed by atoms with Crippen LogP contribution in [-0.2, 0) is 0 Å². The van der Waals surface area contributed by atoms with E-state index in [1.807, 2.05) is 0 Å². The van der Waals surface area contributed by atoms with Gasteiger partial charge in [-0.2, -0.15) is 0 Å². The van der Waals surface area contributed by atoms with Gasteiger partial charge in [0.05, 0.1) is 38.1 Å². The zero-order valence-corrected chi connectivity index (χ0v) is 7.30. The second-order valence-electron chi connectivity index (χ2n) is 2.78. The highest BCUT2D eigenvalue weighted by atomic mass is 16.3. The molecule has 80 valence electrons. The van der Waals surface area contributed by atoms with Gasteiger partial charge in [-0.3, -0.25) is 0 Å². The SMILES string of the molecule is OCC(O)CNC(CO)C(O)CO. The van der Waals surface area contributed by atoms with E-state index in [0.29, 0.717) is 0 Å². The topological polar surface area (TPSA) is 113 Å². The van der Waals surface area contributed by atoms with E-state index in [0.717, 1.165) is 0 Å². The zero-order valence-electron chi connectivity index (χ0n) is 7.30. The zero-order chi connectivity index (χ0) is 10.3. The quantitative estimate of drug-likeness (QED) is 0.253. The van der Waals surface area contributed by atoms with Crippen LogP contribution in [0.4, 0.5) is 0 Å². The van der Waals surface area contributed by atoms with Crippen LogP contribution in [0, 0.1) is 0 Å². The Kier molecular flexibility index (Phi) is 7.06. The molecule has 0 bridgehead atoms. The van der Waals surface area contributed by atoms with Crippen molar-refractivity contribution >= 4 is 0 Å². The first-order valence-electron chi connectivity index (χ1n) is 4.07. The average Bonchev–Trinajstić information content (AvgIpc) is 2.17. The molecular formula is C7H17NO5. The summed E-state index contributed by atoms with van der Waals surface area (Å²) in [6, 6.07) is -0.689. The summed E-state index contributed by atoms with van der Waals surface area (Å²) in [5.74, 6) is 0. The standard InChI is InChI=1S/C7H17NO5/c9-2-5(12)1-8-6(3-10)7(13)4-11/h5-13H,1-4H2. The Morgan fingerprint density at radius 1 is 0.923 bits per heavy atom. The summed E-state index contributed by atoms with van der Waals surface area (Å²) >= 11 is 0. The summed E-state index contributed by atoms with van der Waals surface area (Å²) in [6.45, 7) is -1.15.